The third-order valence-electron chi connectivity index (χ3n) is 6.15. The van der Waals surface area contributed by atoms with Crippen LogP contribution in [0.1, 0.15) is 87.9 Å². The molecule has 0 heterocycles. The first-order valence-electron chi connectivity index (χ1n) is 11.3. The molecule has 0 spiro atoms. The summed E-state index contributed by atoms with van der Waals surface area (Å²) in [5.41, 5.74) is 1.80. The highest BCUT2D eigenvalue weighted by Gasteiger charge is 2.42. The Bertz CT molecular complexity index is 658. The van der Waals surface area contributed by atoms with Crippen LogP contribution in [0.3, 0.4) is 0 Å². The summed E-state index contributed by atoms with van der Waals surface area (Å²) in [6.07, 6.45) is 8.27. The zero-order valence-corrected chi connectivity index (χ0v) is 18.3. The molecule has 1 fully saturated rings. The first-order chi connectivity index (χ1) is 14.5. The maximum absolute atomic E-state index is 14.6. The number of hydrogen-bond acceptors (Lipinski definition) is 4. The van der Waals surface area contributed by atoms with E-state index in [9.17, 15) is 19.4 Å². The van der Waals surface area contributed by atoms with Gasteiger partial charge in [0.05, 0.1) is 19.3 Å². The molecule has 5 unspecified atom stereocenters. The zero-order valence-electron chi connectivity index (χ0n) is 18.3. The SMILES string of the molecule is CCCCCC(O)c1ccc(C2C(O)CC(F)C2C/C=C\CCCC(=O)OC)cc1. The molecule has 4 nitrogen and oxygen atoms in total. The lowest BCUT2D eigenvalue weighted by atomic mass is 9.84. The fourth-order valence-electron chi connectivity index (χ4n) is 4.36. The second-order valence-corrected chi connectivity index (χ2v) is 8.36. The highest BCUT2D eigenvalue weighted by molar-refractivity contribution is 5.69. The van der Waals surface area contributed by atoms with E-state index in [2.05, 4.69) is 11.7 Å². The minimum absolute atomic E-state index is 0.160. The summed E-state index contributed by atoms with van der Waals surface area (Å²) in [4.78, 5) is 11.1. The Morgan fingerprint density at radius 1 is 1.23 bits per heavy atom. The van der Waals surface area contributed by atoms with Crippen LogP contribution in [0.2, 0.25) is 0 Å². The molecule has 0 radical (unpaired) electrons. The summed E-state index contributed by atoms with van der Waals surface area (Å²) in [7, 11) is 1.38. The van der Waals surface area contributed by atoms with Gasteiger partial charge in [0.1, 0.15) is 6.17 Å². The number of allylic oxidation sites excluding steroid dienone is 2. The third kappa shape index (κ3) is 7.21. The summed E-state index contributed by atoms with van der Waals surface area (Å²) in [6, 6.07) is 7.67. The lowest BCUT2D eigenvalue weighted by molar-refractivity contribution is -0.140. The minimum Gasteiger partial charge on any atom is -0.469 e. The summed E-state index contributed by atoms with van der Waals surface area (Å²) in [5.74, 6) is -0.728. The molecule has 30 heavy (non-hydrogen) atoms. The van der Waals surface area contributed by atoms with Crippen molar-refractivity contribution in [2.75, 3.05) is 7.11 Å². The number of aliphatic hydroxyl groups excluding tert-OH is 2. The molecule has 168 valence electrons. The van der Waals surface area contributed by atoms with Gasteiger partial charge >= 0.3 is 5.97 Å². The van der Waals surface area contributed by atoms with Crippen molar-refractivity contribution in [1.29, 1.82) is 0 Å². The van der Waals surface area contributed by atoms with E-state index in [4.69, 9.17) is 0 Å². The summed E-state index contributed by atoms with van der Waals surface area (Å²) >= 11 is 0. The Labute approximate surface area is 180 Å². The van der Waals surface area contributed by atoms with E-state index >= 15 is 0 Å². The molecule has 1 aliphatic rings. The molecule has 0 aromatic heterocycles. The lowest BCUT2D eigenvalue weighted by Gasteiger charge is -2.23. The minimum atomic E-state index is -1.04. The van der Waals surface area contributed by atoms with Crippen molar-refractivity contribution >= 4 is 5.97 Å². The molecule has 1 aliphatic carbocycles. The normalized spacial score (nSPS) is 25.0. The number of carbonyl (C=O) groups excluding carboxylic acids is 1. The summed E-state index contributed by atoms with van der Waals surface area (Å²) < 4.78 is 19.2. The van der Waals surface area contributed by atoms with Crippen molar-refractivity contribution < 1.29 is 24.1 Å². The molecule has 0 aliphatic heterocycles. The van der Waals surface area contributed by atoms with Crippen LogP contribution in [0.15, 0.2) is 36.4 Å². The molecule has 1 aromatic carbocycles. The van der Waals surface area contributed by atoms with Crippen LogP contribution in [-0.2, 0) is 9.53 Å². The number of hydrogen-bond donors (Lipinski definition) is 2. The number of aliphatic hydroxyl groups is 2. The molecule has 2 rings (SSSR count). The van der Waals surface area contributed by atoms with Gasteiger partial charge in [-0.25, -0.2) is 4.39 Å². The third-order valence-corrected chi connectivity index (χ3v) is 6.15. The van der Waals surface area contributed by atoms with E-state index in [1.54, 1.807) is 0 Å². The number of ether oxygens (including phenoxy) is 1. The first kappa shape index (κ1) is 24.5. The van der Waals surface area contributed by atoms with Crippen LogP contribution >= 0.6 is 0 Å². The van der Waals surface area contributed by atoms with Gasteiger partial charge in [-0.3, -0.25) is 4.79 Å². The van der Waals surface area contributed by atoms with E-state index in [1.165, 1.54) is 7.11 Å². The van der Waals surface area contributed by atoms with Crippen LogP contribution in [-0.4, -0.2) is 35.6 Å². The molecule has 0 saturated heterocycles. The Morgan fingerprint density at radius 3 is 2.63 bits per heavy atom. The van der Waals surface area contributed by atoms with Gasteiger partial charge in [-0.05, 0) is 36.8 Å². The molecule has 5 atom stereocenters. The van der Waals surface area contributed by atoms with Gasteiger partial charge in [0.25, 0.3) is 0 Å². The topological polar surface area (TPSA) is 66.8 Å². The van der Waals surface area contributed by atoms with Crippen molar-refractivity contribution in [3.8, 4) is 0 Å². The molecule has 0 amide bonds. The molecule has 1 aromatic rings. The van der Waals surface area contributed by atoms with Crippen LogP contribution in [0, 0.1) is 5.92 Å². The summed E-state index contributed by atoms with van der Waals surface area (Å²) in [5, 5.41) is 20.8. The van der Waals surface area contributed by atoms with Gasteiger partial charge < -0.3 is 14.9 Å². The van der Waals surface area contributed by atoms with Gasteiger partial charge in [-0.2, -0.15) is 0 Å². The Hall–Kier alpha value is -1.72. The fraction of sp³-hybridized carbons (Fsp3) is 0.640. The van der Waals surface area contributed by atoms with Crippen LogP contribution in [0.5, 0.6) is 0 Å². The quantitative estimate of drug-likeness (QED) is 0.270. The first-order valence-corrected chi connectivity index (χ1v) is 11.3. The van der Waals surface area contributed by atoms with Gasteiger partial charge in [0.15, 0.2) is 0 Å². The fourth-order valence-corrected chi connectivity index (χ4v) is 4.36. The summed E-state index contributed by atoms with van der Waals surface area (Å²) in [6.45, 7) is 2.14. The van der Waals surface area contributed by atoms with Crippen molar-refractivity contribution in [1.82, 2.24) is 0 Å². The molecule has 5 heteroatoms. The number of benzene rings is 1. The van der Waals surface area contributed by atoms with Crippen LogP contribution in [0.25, 0.3) is 0 Å². The Morgan fingerprint density at radius 2 is 1.97 bits per heavy atom. The number of alkyl halides is 1. The average molecular weight is 421 g/mol. The number of methoxy groups -OCH3 is 1. The van der Waals surface area contributed by atoms with Gasteiger partial charge in [-0.1, -0.05) is 62.6 Å². The molecule has 1 saturated carbocycles. The maximum atomic E-state index is 14.6. The number of rotatable bonds is 12. The highest BCUT2D eigenvalue weighted by Crippen LogP contribution is 2.44. The van der Waals surface area contributed by atoms with Crippen LogP contribution < -0.4 is 0 Å². The molecular formula is C25H37FO4. The monoisotopic (exact) mass is 420 g/mol. The standard InChI is InChI=1S/C25H37FO4/c1-3-4-7-11-22(27)18-13-15-19(16-14-18)25-20(21(26)17-23(25)28)10-8-5-6-9-12-24(29)30-2/h5,8,13-16,20-23,25,27-28H,3-4,6-7,9-12,17H2,1-2H3/b8-5-. The maximum Gasteiger partial charge on any atom is 0.305 e. The van der Waals surface area contributed by atoms with Gasteiger partial charge in [0.2, 0.25) is 0 Å². The Kier molecular flexibility index (Phi) is 10.5. The van der Waals surface area contributed by atoms with Crippen molar-refractivity contribution in [3.63, 3.8) is 0 Å². The molecule has 2 N–H and O–H groups in total. The Balaban J connectivity index is 1.94. The van der Waals surface area contributed by atoms with Gasteiger partial charge in [-0.15, -0.1) is 0 Å². The molecule has 0 bridgehead atoms. The number of carbonyl (C=O) groups is 1. The highest BCUT2D eigenvalue weighted by atomic mass is 19.1. The zero-order chi connectivity index (χ0) is 21.9. The predicted molar refractivity (Wildman–Crippen MR) is 117 cm³/mol. The van der Waals surface area contributed by atoms with Crippen molar-refractivity contribution in [3.05, 3.63) is 47.5 Å². The van der Waals surface area contributed by atoms with Crippen molar-refractivity contribution in [2.24, 2.45) is 5.92 Å². The largest absolute Gasteiger partial charge is 0.469 e. The van der Waals surface area contributed by atoms with E-state index in [0.717, 1.165) is 43.2 Å². The van der Waals surface area contributed by atoms with E-state index in [-0.39, 0.29) is 24.2 Å². The van der Waals surface area contributed by atoms with Gasteiger partial charge in [0, 0.05) is 24.7 Å². The van der Waals surface area contributed by atoms with E-state index < -0.39 is 18.4 Å². The van der Waals surface area contributed by atoms with Crippen LogP contribution in [0.4, 0.5) is 4.39 Å². The number of unbranched alkanes of at least 4 members (excludes halogenated alkanes) is 3. The second kappa shape index (κ2) is 12.9. The second-order valence-electron chi connectivity index (χ2n) is 8.36. The van der Waals surface area contributed by atoms with Crippen molar-refractivity contribution in [2.45, 2.75) is 89.0 Å². The number of esters is 1. The molecular weight excluding hydrogens is 383 g/mol. The predicted octanol–water partition coefficient (Wildman–Crippen LogP) is 5.39. The average Bonchev–Trinajstić information content (AvgIpc) is 3.03. The lowest BCUT2D eigenvalue weighted by Crippen LogP contribution is -2.18. The smallest absolute Gasteiger partial charge is 0.305 e. The van der Waals surface area contributed by atoms with E-state index in [1.807, 2.05) is 36.4 Å². The number of halogens is 1. The van der Waals surface area contributed by atoms with E-state index in [0.29, 0.717) is 19.3 Å².